The first-order chi connectivity index (χ1) is 13.1. The highest BCUT2D eigenvalue weighted by Gasteiger charge is 2.34. The van der Waals surface area contributed by atoms with E-state index in [0.29, 0.717) is 17.2 Å². The fourth-order valence-electron chi connectivity index (χ4n) is 3.07. The number of nitrogens with one attached hydrogen (secondary N) is 1. The summed E-state index contributed by atoms with van der Waals surface area (Å²) < 4.78 is 23.5. The first kappa shape index (κ1) is 17.3. The van der Waals surface area contributed by atoms with Crippen molar-refractivity contribution in [3.8, 4) is 17.0 Å². The lowest BCUT2D eigenvalue weighted by molar-refractivity contribution is 0.0894. The quantitative estimate of drug-likeness (QED) is 0.704. The Morgan fingerprint density at radius 3 is 2.52 bits per heavy atom. The minimum absolute atomic E-state index is 0.0808. The monoisotopic (exact) mass is 366 g/mol. The Labute approximate surface area is 156 Å². The molecule has 0 radical (unpaired) electrons. The lowest BCUT2D eigenvalue weighted by Gasteiger charge is -2.18. The Hall–Kier alpha value is -3.15. The van der Waals surface area contributed by atoms with Crippen LogP contribution in [0.1, 0.15) is 35.0 Å². The highest BCUT2D eigenvalue weighted by Crippen LogP contribution is 2.41. The average Bonchev–Trinajstić information content (AvgIpc) is 3.42. The third-order valence-electron chi connectivity index (χ3n) is 4.73. The molecule has 5 nitrogen and oxygen atoms in total. The number of ether oxygens (including phenoxy) is 1. The molecule has 27 heavy (non-hydrogen) atoms. The van der Waals surface area contributed by atoms with Gasteiger partial charge in [0, 0.05) is 11.6 Å². The Morgan fingerprint density at radius 2 is 1.89 bits per heavy atom. The molecule has 1 saturated carbocycles. The third kappa shape index (κ3) is 3.84. The van der Waals surface area contributed by atoms with Gasteiger partial charge in [-0.1, -0.05) is 17.3 Å². The molecule has 3 aromatic rings. The maximum Gasteiger partial charge on any atom is 0.290 e. The fourth-order valence-corrected chi connectivity index (χ4v) is 3.07. The van der Waals surface area contributed by atoms with Crippen molar-refractivity contribution in [3.63, 3.8) is 0 Å². The summed E-state index contributed by atoms with van der Waals surface area (Å²) in [6.45, 7) is 0. The van der Waals surface area contributed by atoms with E-state index in [4.69, 9.17) is 9.26 Å². The lowest BCUT2D eigenvalue weighted by Crippen LogP contribution is -2.29. The SMILES string of the molecule is COc1ccc(C(NC(=O)c2cc(-c3ccc(F)cc3)no2)C2CC2)cc1. The molecule has 0 spiro atoms. The smallest absolute Gasteiger partial charge is 0.290 e. The second-order valence-corrected chi connectivity index (χ2v) is 6.65. The number of nitrogens with zero attached hydrogens (tertiary/aromatic N) is 1. The van der Waals surface area contributed by atoms with Crippen molar-refractivity contribution < 1.29 is 18.4 Å². The molecule has 1 aromatic heterocycles. The van der Waals surface area contributed by atoms with Gasteiger partial charge in [-0.05, 0) is 60.7 Å². The molecule has 138 valence electrons. The van der Waals surface area contributed by atoms with Crippen molar-refractivity contribution in [1.29, 1.82) is 0 Å². The molecule has 0 aliphatic heterocycles. The molecule has 1 aliphatic rings. The van der Waals surface area contributed by atoms with E-state index in [-0.39, 0.29) is 23.5 Å². The highest BCUT2D eigenvalue weighted by atomic mass is 19.1. The van der Waals surface area contributed by atoms with Gasteiger partial charge in [0.25, 0.3) is 5.91 Å². The molecule has 1 atom stereocenters. The molecule has 6 heteroatoms. The van der Waals surface area contributed by atoms with Crippen molar-refractivity contribution >= 4 is 5.91 Å². The van der Waals surface area contributed by atoms with E-state index in [9.17, 15) is 9.18 Å². The summed E-state index contributed by atoms with van der Waals surface area (Å²) in [4.78, 5) is 12.7. The number of amides is 1. The Balaban J connectivity index is 1.50. The predicted molar refractivity (Wildman–Crippen MR) is 97.8 cm³/mol. The molecule has 1 N–H and O–H groups in total. The Kier molecular flexibility index (Phi) is 4.62. The number of hydrogen-bond donors (Lipinski definition) is 1. The predicted octanol–water partition coefficient (Wildman–Crippen LogP) is 4.37. The zero-order valence-corrected chi connectivity index (χ0v) is 14.8. The molecule has 1 heterocycles. The van der Waals surface area contributed by atoms with E-state index in [1.54, 1.807) is 25.3 Å². The van der Waals surface area contributed by atoms with Crippen LogP contribution >= 0.6 is 0 Å². The fraction of sp³-hybridized carbons (Fsp3) is 0.238. The van der Waals surface area contributed by atoms with Crippen molar-refractivity contribution in [2.75, 3.05) is 7.11 Å². The number of carbonyl (C=O) groups excluding carboxylic acids is 1. The first-order valence-corrected chi connectivity index (χ1v) is 8.81. The maximum atomic E-state index is 13.1. The van der Waals surface area contributed by atoms with Gasteiger partial charge in [-0.25, -0.2) is 4.39 Å². The van der Waals surface area contributed by atoms with Crippen LogP contribution in [0.15, 0.2) is 59.1 Å². The molecule has 2 aromatic carbocycles. The summed E-state index contributed by atoms with van der Waals surface area (Å²) in [5.41, 5.74) is 2.21. The number of hydrogen-bond acceptors (Lipinski definition) is 4. The van der Waals surface area contributed by atoms with Gasteiger partial charge in [0.1, 0.15) is 17.3 Å². The maximum absolute atomic E-state index is 13.1. The van der Waals surface area contributed by atoms with E-state index >= 15 is 0 Å². The number of rotatable bonds is 6. The zero-order chi connectivity index (χ0) is 18.8. The van der Waals surface area contributed by atoms with Gasteiger partial charge < -0.3 is 14.6 Å². The zero-order valence-electron chi connectivity index (χ0n) is 14.8. The highest BCUT2D eigenvalue weighted by molar-refractivity contribution is 5.92. The summed E-state index contributed by atoms with van der Waals surface area (Å²) in [5.74, 6) is 0.685. The molecular formula is C21H19FN2O3. The molecular weight excluding hydrogens is 347 g/mol. The van der Waals surface area contributed by atoms with Gasteiger partial charge in [-0.15, -0.1) is 0 Å². The van der Waals surface area contributed by atoms with Gasteiger partial charge in [-0.3, -0.25) is 4.79 Å². The molecule has 0 bridgehead atoms. The molecule has 0 saturated heterocycles. The van der Waals surface area contributed by atoms with Crippen LogP contribution in [0.5, 0.6) is 5.75 Å². The van der Waals surface area contributed by atoms with Crippen LogP contribution in [0, 0.1) is 11.7 Å². The number of carbonyl (C=O) groups is 1. The standard InChI is InChI=1S/C21H19FN2O3/c1-26-17-10-6-15(7-11-17)20(14-2-3-14)23-21(25)19-12-18(24-27-19)13-4-8-16(22)9-5-13/h4-12,14,20H,2-3H2,1H3,(H,23,25). The normalized spacial score (nSPS) is 14.6. The van der Waals surface area contributed by atoms with Crippen LogP contribution in [0.25, 0.3) is 11.3 Å². The number of aromatic nitrogens is 1. The van der Waals surface area contributed by atoms with E-state index in [1.165, 1.54) is 12.1 Å². The topological polar surface area (TPSA) is 64.4 Å². The first-order valence-electron chi connectivity index (χ1n) is 8.81. The van der Waals surface area contributed by atoms with Gasteiger partial charge in [0.2, 0.25) is 5.76 Å². The van der Waals surface area contributed by atoms with Gasteiger partial charge in [-0.2, -0.15) is 0 Å². The summed E-state index contributed by atoms with van der Waals surface area (Å²) in [5, 5.41) is 6.97. The molecule has 1 unspecified atom stereocenters. The second-order valence-electron chi connectivity index (χ2n) is 6.65. The minimum atomic E-state index is -0.327. The third-order valence-corrected chi connectivity index (χ3v) is 4.73. The molecule has 4 rings (SSSR count). The number of halogens is 1. The summed E-state index contributed by atoms with van der Waals surface area (Å²) in [6, 6.07) is 15.1. The van der Waals surface area contributed by atoms with Crippen LogP contribution in [0.3, 0.4) is 0 Å². The summed E-state index contributed by atoms with van der Waals surface area (Å²) in [6.07, 6.45) is 2.16. The van der Waals surface area contributed by atoms with E-state index in [1.807, 2.05) is 24.3 Å². The second kappa shape index (κ2) is 7.23. The van der Waals surface area contributed by atoms with E-state index in [0.717, 1.165) is 24.2 Å². The van der Waals surface area contributed by atoms with Gasteiger partial charge in [0.15, 0.2) is 0 Å². The molecule has 1 aliphatic carbocycles. The Morgan fingerprint density at radius 1 is 1.19 bits per heavy atom. The van der Waals surface area contributed by atoms with E-state index < -0.39 is 0 Å². The van der Waals surface area contributed by atoms with Crippen molar-refractivity contribution in [3.05, 3.63) is 71.7 Å². The van der Waals surface area contributed by atoms with Crippen LogP contribution < -0.4 is 10.1 Å². The van der Waals surface area contributed by atoms with Gasteiger partial charge in [0.05, 0.1) is 13.2 Å². The van der Waals surface area contributed by atoms with Crippen molar-refractivity contribution in [2.24, 2.45) is 5.92 Å². The summed E-state index contributed by atoms with van der Waals surface area (Å²) in [7, 11) is 1.62. The molecule has 1 amide bonds. The minimum Gasteiger partial charge on any atom is -0.497 e. The number of methoxy groups -OCH3 is 1. The van der Waals surface area contributed by atoms with Crippen LogP contribution in [-0.4, -0.2) is 18.2 Å². The Bertz CT molecular complexity index is 931. The van der Waals surface area contributed by atoms with Crippen molar-refractivity contribution in [1.82, 2.24) is 10.5 Å². The van der Waals surface area contributed by atoms with Gasteiger partial charge >= 0.3 is 0 Å². The lowest BCUT2D eigenvalue weighted by atomic mass is 10.0. The average molecular weight is 366 g/mol. The van der Waals surface area contributed by atoms with Crippen LogP contribution in [0.2, 0.25) is 0 Å². The van der Waals surface area contributed by atoms with Crippen LogP contribution in [-0.2, 0) is 0 Å². The van der Waals surface area contributed by atoms with Crippen molar-refractivity contribution in [2.45, 2.75) is 18.9 Å². The number of benzene rings is 2. The van der Waals surface area contributed by atoms with E-state index in [2.05, 4.69) is 10.5 Å². The summed E-state index contributed by atoms with van der Waals surface area (Å²) >= 11 is 0. The van der Waals surface area contributed by atoms with Crippen LogP contribution in [0.4, 0.5) is 4.39 Å². The largest absolute Gasteiger partial charge is 0.497 e. The molecule has 1 fully saturated rings.